The fourth-order valence-electron chi connectivity index (χ4n) is 2.92. The van der Waals surface area contributed by atoms with Gasteiger partial charge in [-0.25, -0.2) is 0 Å². The number of ether oxygens (including phenoxy) is 1. The molecule has 0 aliphatic heterocycles. The number of nitrogen functional groups attached to an aromatic ring is 1. The summed E-state index contributed by atoms with van der Waals surface area (Å²) in [6.45, 7) is 2.68. The lowest BCUT2D eigenvalue weighted by Gasteiger charge is -2.30. The average molecular weight is 278 g/mol. The fraction of sp³-hybridized carbons (Fsp3) is 0.600. The molecule has 0 spiro atoms. The van der Waals surface area contributed by atoms with E-state index < -0.39 is 4.92 Å². The van der Waals surface area contributed by atoms with Crippen LogP contribution in [-0.4, -0.2) is 11.0 Å². The zero-order valence-corrected chi connectivity index (χ0v) is 11.9. The van der Waals surface area contributed by atoms with Gasteiger partial charge in [-0.3, -0.25) is 10.1 Å². The van der Waals surface area contributed by atoms with Crippen LogP contribution in [0.25, 0.3) is 0 Å². The second-order valence-corrected chi connectivity index (χ2v) is 5.45. The van der Waals surface area contributed by atoms with Gasteiger partial charge >= 0.3 is 0 Å². The van der Waals surface area contributed by atoms with Crippen LogP contribution in [0.2, 0.25) is 0 Å². The highest BCUT2D eigenvalue weighted by atomic mass is 16.6. The van der Waals surface area contributed by atoms with Crippen LogP contribution in [0.3, 0.4) is 0 Å². The van der Waals surface area contributed by atoms with E-state index in [0.29, 0.717) is 18.6 Å². The van der Waals surface area contributed by atoms with Crippen LogP contribution in [0.15, 0.2) is 18.2 Å². The number of hydrogen-bond donors (Lipinski definition) is 1. The van der Waals surface area contributed by atoms with Gasteiger partial charge in [0.1, 0.15) is 5.69 Å². The topological polar surface area (TPSA) is 78.4 Å². The van der Waals surface area contributed by atoms with Gasteiger partial charge in [0.2, 0.25) is 0 Å². The first-order chi connectivity index (χ1) is 9.61. The minimum Gasteiger partial charge on any atom is -0.393 e. The number of benzene rings is 1. The predicted molar refractivity (Wildman–Crippen MR) is 78.3 cm³/mol. The summed E-state index contributed by atoms with van der Waals surface area (Å²) < 4.78 is 6.00. The average Bonchev–Trinajstić information content (AvgIpc) is 2.45. The van der Waals surface area contributed by atoms with Crippen molar-refractivity contribution in [1.82, 2.24) is 0 Å². The van der Waals surface area contributed by atoms with Crippen LogP contribution in [0, 0.1) is 16.0 Å². The smallest absolute Gasteiger partial charge is 0.292 e. The molecule has 1 fully saturated rings. The molecule has 1 aromatic rings. The Labute approximate surface area is 119 Å². The molecule has 2 rings (SSSR count). The molecular weight excluding hydrogens is 256 g/mol. The minimum atomic E-state index is -0.464. The molecule has 1 aliphatic carbocycles. The maximum absolute atomic E-state index is 10.7. The molecule has 5 heteroatoms. The molecule has 2 N–H and O–H groups in total. The Hall–Kier alpha value is -1.62. The number of nitrogens with zero attached hydrogens (tertiary/aromatic N) is 1. The van der Waals surface area contributed by atoms with Crippen molar-refractivity contribution in [2.24, 2.45) is 5.92 Å². The molecule has 5 nitrogen and oxygen atoms in total. The molecule has 0 amide bonds. The molecule has 1 aromatic carbocycles. The molecule has 0 aromatic heterocycles. The van der Waals surface area contributed by atoms with Crippen LogP contribution in [0.1, 0.15) is 44.6 Å². The van der Waals surface area contributed by atoms with Crippen molar-refractivity contribution in [3.63, 3.8) is 0 Å². The summed E-state index contributed by atoms with van der Waals surface area (Å²) in [7, 11) is 0. The van der Waals surface area contributed by atoms with Gasteiger partial charge in [0.25, 0.3) is 5.69 Å². The van der Waals surface area contributed by atoms with E-state index in [1.54, 1.807) is 12.1 Å². The summed E-state index contributed by atoms with van der Waals surface area (Å²) in [4.78, 5) is 10.3. The van der Waals surface area contributed by atoms with Gasteiger partial charge in [-0.15, -0.1) is 0 Å². The van der Waals surface area contributed by atoms with Crippen molar-refractivity contribution in [2.45, 2.75) is 51.7 Å². The summed E-state index contributed by atoms with van der Waals surface area (Å²) >= 11 is 0. The summed E-state index contributed by atoms with van der Waals surface area (Å²) in [5.41, 5.74) is 6.74. The Morgan fingerprint density at radius 1 is 1.40 bits per heavy atom. The van der Waals surface area contributed by atoms with Crippen LogP contribution < -0.4 is 5.73 Å². The first-order valence-corrected chi connectivity index (χ1v) is 7.26. The Morgan fingerprint density at radius 2 is 2.15 bits per heavy atom. The van der Waals surface area contributed by atoms with E-state index in [-0.39, 0.29) is 11.4 Å². The molecule has 2 unspecified atom stereocenters. The highest BCUT2D eigenvalue weighted by molar-refractivity contribution is 5.59. The molecule has 1 saturated carbocycles. The first-order valence-electron chi connectivity index (χ1n) is 7.26. The van der Waals surface area contributed by atoms with Gasteiger partial charge in [-0.2, -0.15) is 0 Å². The Morgan fingerprint density at radius 3 is 2.80 bits per heavy atom. The van der Waals surface area contributed by atoms with E-state index in [1.807, 2.05) is 0 Å². The summed E-state index contributed by atoms with van der Waals surface area (Å²) in [6, 6.07) is 4.81. The number of nitro groups is 1. The van der Waals surface area contributed by atoms with E-state index in [9.17, 15) is 10.1 Å². The highest BCUT2D eigenvalue weighted by Crippen LogP contribution is 2.30. The van der Waals surface area contributed by atoms with Gasteiger partial charge in [-0.1, -0.05) is 26.2 Å². The SMILES string of the molecule is CCC1CCCCC1OCc1ccc([N+](=O)[O-])c(N)c1. The third-order valence-electron chi connectivity index (χ3n) is 4.12. The van der Waals surface area contributed by atoms with Crippen molar-refractivity contribution in [3.8, 4) is 0 Å². The molecule has 1 aliphatic rings. The van der Waals surface area contributed by atoms with Crippen molar-refractivity contribution in [3.05, 3.63) is 33.9 Å². The summed E-state index contributed by atoms with van der Waals surface area (Å²) in [5, 5.41) is 10.7. The van der Waals surface area contributed by atoms with Crippen LogP contribution in [0.5, 0.6) is 0 Å². The quantitative estimate of drug-likeness (QED) is 0.506. The lowest BCUT2D eigenvalue weighted by molar-refractivity contribution is -0.383. The van der Waals surface area contributed by atoms with Gasteiger partial charge < -0.3 is 10.5 Å². The van der Waals surface area contributed by atoms with E-state index >= 15 is 0 Å². The van der Waals surface area contributed by atoms with Crippen LogP contribution >= 0.6 is 0 Å². The molecule has 110 valence electrons. The highest BCUT2D eigenvalue weighted by Gasteiger charge is 2.24. The molecule has 2 atom stereocenters. The predicted octanol–water partition coefficient (Wildman–Crippen LogP) is 3.66. The largest absolute Gasteiger partial charge is 0.393 e. The Kier molecular flexibility index (Phi) is 4.95. The lowest BCUT2D eigenvalue weighted by atomic mass is 9.85. The molecule has 20 heavy (non-hydrogen) atoms. The standard InChI is InChI=1S/C15H22N2O3/c1-2-12-5-3-4-6-15(12)20-10-11-7-8-14(17(18)19)13(16)9-11/h7-9,12,15H,2-6,10,16H2,1H3. The zero-order chi connectivity index (χ0) is 14.5. The fourth-order valence-corrected chi connectivity index (χ4v) is 2.92. The molecule has 0 bridgehead atoms. The third-order valence-corrected chi connectivity index (χ3v) is 4.12. The number of anilines is 1. The lowest BCUT2D eigenvalue weighted by Crippen LogP contribution is -2.27. The minimum absolute atomic E-state index is 0.0437. The van der Waals surface area contributed by atoms with Gasteiger partial charge in [0.05, 0.1) is 17.6 Å². The Balaban J connectivity index is 1.96. The first kappa shape index (κ1) is 14.8. The van der Waals surface area contributed by atoms with Crippen molar-refractivity contribution in [1.29, 1.82) is 0 Å². The number of rotatable bonds is 5. The zero-order valence-electron chi connectivity index (χ0n) is 11.9. The molecule has 0 heterocycles. The number of hydrogen-bond acceptors (Lipinski definition) is 4. The summed E-state index contributed by atoms with van der Waals surface area (Å²) in [5.74, 6) is 0.638. The number of nitrogens with two attached hydrogens (primary N) is 1. The second-order valence-electron chi connectivity index (χ2n) is 5.45. The van der Waals surface area contributed by atoms with E-state index in [2.05, 4.69) is 6.92 Å². The van der Waals surface area contributed by atoms with E-state index in [0.717, 1.165) is 18.4 Å². The monoisotopic (exact) mass is 278 g/mol. The summed E-state index contributed by atoms with van der Waals surface area (Å²) in [6.07, 6.45) is 6.33. The number of nitro benzene ring substituents is 1. The normalized spacial score (nSPS) is 22.6. The van der Waals surface area contributed by atoms with Crippen molar-refractivity contribution < 1.29 is 9.66 Å². The maximum Gasteiger partial charge on any atom is 0.292 e. The van der Waals surface area contributed by atoms with Gasteiger partial charge in [0, 0.05) is 6.07 Å². The maximum atomic E-state index is 10.7. The third kappa shape index (κ3) is 3.48. The van der Waals surface area contributed by atoms with E-state index in [1.165, 1.54) is 25.3 Å². The van der Waals surface area contributed by atoms with Crippen LogP contribution in [-0.2, 0) is 11.3 Å². The second kappa shape index (κ2) is 6.70. The van der Waals surface area contributed by atoms with E-state index in [4.69, 9.17) is 10.5 Å². The van der Waals surface area contributed by atoms with Crippen LogP contribution in [0.4, 0.5) is 11.4 Å². The Bertz CT molecular complexity index is 476. The van der Waals surface area contributed by atoms with Crippen molar-refractivity contribution >= 4 is 11.4 Å². The molecular formula is C15H22N2O3. The van der Waals surface area contributed by atoms with Gasteiger partial charge in [0.15, 0.2) is 0 Å². The molecule has 0 radical (unpaired) electrons. The van der Waals surface area contributed by atoms with Crippen molar-refractivity contribution in [2.75, 3.05) is 5.73 Å². The molecule has 0 saturated heterocycles. The van der Waals surface area contributed by atoms with Gasteiger partial charge in [-0.05, 0) is 36.5 Å².